The molecule has 3 heterocycles. The molecule has 1 aromatic carbocycles. The Morgan fingerprint density at radius 2 is 1.62 bits per heavy atom. The Hall–Kier alpha value is -3.08. The summed E-state index contributed by atoms with van der Waals surface area (Å²) in [4.78, 5) is 16.4. The van der Waals surface area contributed by atoms with E-state index in [1.807, 2.05) is 12.1 Å². The molecular weight excluding hydrogens is 327 g/mol. The molecule has 1 aliphatic carbocycles. The molecule has 0 saturated heterocycles. The summed E-state index contributed by atoms with van der Waals surface area (Å²) in [5, 5.41) is 0. The molecular formula is C21H17FN4. The number of nitrogens with one attached hydrogen (secondary N) is 1. The van der Waals surface area contributed by atoms with Crippen molar-refractivity contribution < 1.29 is 4.39 Å². The van der Waals surface area contributed by atoms with Crippen molar-refractivity contribution in [2.45, 2.75) is 24.4 Å². The summed E-state index contributed by atoms with van der Waals surface area (Å²) < 4.78 is 16.8. The van der Waals surface area contributed by atoms with Gasteiger partial charge in [0.2, 0.25) is 0 Å². The summed E-state index contributed by atoms with van der Waals surface area (Å²) in [7, 11) is 0. The third kappa shape index (κ3) is 2.31. The van der Waals surface area contributed by atoms with E-state index in [1.165, 1.54) is 0 Å². The summed E-state index contributed by atoms with van der Waals surface area (Å²) in [5.74, 6) is 1.42. The van der Waals surface area contributed by atoms with Crippen molar-refractivity contribution >= 4 is 11.0 Å². The van der Waals surface area contributed by atoms with Gasteiger partial charge in [-0.25, -0.2) is 9.37 Å². The van der Waals surface area contributed by atoms with Gasteiger partial charge in [-0.05, 0) is 31.0 Å². The van der Waals surface area contributed by atoms with E-state index < -0.39 is 5.67 Å². The Morgan fingerprint density at radius 3 is 2.19 bits per heavy atom. The number of nitrogens with zero attached hydrogens (tertiary/aromatic N) is 3. The average Bonchev–Trinajstić information content (AvgIpc) is 3.47. The maximum Gasteiger partial charge on any atom is 0.191 e. The fraction of sp³-hybridized carbons (Fsp3) is 0.190. The third-order valence-electron chi connectivity index (χ3n) is 4.98. The second-order valence-corrected chi connectivity index (χ2v) is 6.74. The minimum Gasteiger partial charge on any atom is -0.342 e. The Kier molecular flexibility index (Phi) is 3.35. The molecule has 1 fully saturated rings. The zero-order valence-corrected chi connectivity index (χ0v) is 14.1. The van der Waals surface area contributed by atoms with E-state index in [-0.39, 0.29) is 0 Å². The molecule has 0 atom stereocenters. The third-order valence-corrected chi connectivity index (χ3v) is 4.98. The van der Waals surface area contributed by atoms with Crippen molar-refractivity contribution in [2.24, 2.45) is 0 Å². The molecule has 0 aliphatic heterocycles. The number of aromatic amines is 1. The number of benzene rings is 1. The number of halogens is 1. The van der Waals surface area contributed by atoms with E-state index in [4.69, 9.17) is 4.98 Å². The lowest BCUT2D eigenvalue weighted by Crippen LogP contribution is -2.24. The van der Waals surface area contributed by atoms with Gasteiger partial charge in [0.1, 0.15) is 5.82 Å². The van der Waals surface area contributed by atoms with Crippen molar-refractivity contribution in [2.75, 3.05) is 0 Å². The molecule has 0 unspecified atom stereocenters. The van der Waals surface area contributed by atoms with Crippen LogP contribution in [0.15, 0.2) is 67.3 Å². The minimum atomic E-state index is -1.88. The van der Waals surface area contributed by atoms with Gasteiger partial charge in [0.15, 0.2) is 5.67 Å². The minimum absolute atomic E-state index is 0.469. The van der Waals surface area contributed by atoms with Crippen molar-refractivity contribution in [3.63, 3.8) is 0 Å². The summed E-state index contributed by atoms with van der Waals surface area (Å²) >= 11 is 0. The lowest BCUT2D eigenvalue weighted by Gasteiger charge is -2.26. The molecule has 0 spiro atoms. The second-order valence-electron chi connectivity index (χ2n) is 6.74. The van der Waals surface area contributed by atoms with Crippen LogP contribution in [0.4, 0.5) is 4.39 Å². The van der Waals surface area contributed by atoms with Gasteiger partial charge in [-0.3, -0.25) is 9.97 Å². The van der Waals surface area contributed by atoms with Gasteiger partial charge in [0.05, 0.1) is 11.0 Å². The number of fused-ring (bicyclic) bond motifs is 1. The highest BCUT2D eigenvalue weighted by molar-refractivity contribution is 5.81. The maximum absolute atomic E-state index is 16.8. The predicted octanol–water partition coefficient (Wildman–Crippen LogP) is 4.49. The van der Waals surface area contributed by atoms with Crippen LogP contribution < -0.4 is 0 Å². The number of aromatic nitrogens is 4. The van der Waals surface area contributed by atoms with Crippen LogP contribution in [0, 0.1) is 0 Å². The first-order chi connectivity index (χ1) is 12.8. The summed E-state index contributed by atoms with van der Waals surface area (Å²) in [6.07, 6.45) is 8.71. The average molecular weight is 344 g/mol. The van der Waals surface area contributed by atoms with Gasteiger partial charge >= 0.3 is 0 Å². The highest BCUT2D eigenvalue weighted by Crippen LogP contribution is 2.44. The molecule has 4 nitrogen and oxygen atoms in total. The number of hydrogen-bond acceptors (Lipinski definition) is 3. The Bertz CT molecular complexity index is 1020. The van der Waals surface area contributed by atoms with Gasteiger partial charge in [-0.2, -0.15) is 0 Å². The molecule has 3 aromatic heterocycles. The topological polar surface area (TPSA) is 54.5 Å². The number of pyridine rings is 2. The summed E-state index contributed by atoms with van der Waals surface area (Å²) in [6, 6.07) is 12.6. The molecule has 5 heteroatoms. The Balaban J connectivity index is 1.79. The van der Waals surface area contributed by atoms with Crippen LogP contribution in [0.3, 0.4) is 0 Å². The SMILES string of the molecule is FC(c1cccnc1)(c1cccnc1)c1cccc2[nH]c(C3CC3)nc12. The predicted molar refractivity (Wildman–Crippen MR) is 97.5 cm³/mol. The first-order valence-electron chi connectivity index (χ1n) is 8.76. The number of H-pyrrole nitrogens is 1. The van der Waals surface area contributed by atoms with Gasteiger partial charge in [0.25, 0.3) is 0 Å². The van der Waals surface area contributed by atoms with E-state index in [2.05, 4.69) is 15.0 Å². The fourth-order valence-corrected chi connectivity index (χ4v) is 3.49. The highest BCUT2D eigenvalue weighted by Gasteiger charge is 2.39. The first-order valence-corrected chi connectivity index (χ1v) is 8.76. The number of para-hydroxylation sites is 1. The van der Waals surface area contributed by atoms with E-state index in [0.717, 1.165) is 24.2 Å². The largest absolute Gasteiger partial charge is 0.342 e. The summed E-state index contributed by atoms with van der Waals surface area (Å²) in [5.41, 5.74) is 1.11. The van der Waals surface area contributed by atoms with Crippen LogP contribution in [0.25, 0.3) is 11.0 Å². The van der Waals surface area contributed by atoms with Crippen molar-refractivity contribution in [3.8, 4) is 0 Å². The molecule has 0 radical (unpaired) electrons. The van der Waals surface area contributed by atoms with Gasteiger partial charge in [-0.1, -0.05) is 24.3 Å². The number of alkyl halides is 1. The highest BCUT2D eigenvalue weighted by atomic mass is 19.1. The van der Waals surface area contributed by atoms with Crippen LogP contribution in [0.1, 0.15) is 41.3 Å². The molecule has 128 valence electrons. The lowest BCUT2D eigenvalue weighted by molar-refractivity contribution is 0.281. The molecule has 0 bridgehead atoms. The van der Waals surface area contributed by atoms with Crippen molar-refractivity contribution in [3.05, 3.63) is 89.8 Å². The summed E-state index contributed by atoms with van der Waals surface area (Å²) in [6.45, 7) is 0. The standard InChI is InChI=1S/C21H17FN4/c22-21(15-4-2-10-23-12-15,16-5-3-11-24-13-16)17-6-1-7-18-19(17)26-20(25-18)14-8-9-14/h1-7,10-14H,8-9H2,(H,25,26). The van der Waals surface area contributed by atoms with Gasteiger partial charge < -0.3 is 4.98 Å². The lowest BCUT2D eigenvalue weighted by atomic mass is 9.83. The van der Waals surface area contributed by atoms with Crippen molar-refractivity contribution in [1.29, 1.82) is 0 Å². The molecule has 1 aliphatic rings. The second kappa shape index (κ2) is 5.73. The first kappa shape index (κ1) is 15.2. The van der Waals surface area contributed by atoms with Crippen LogP contribution >= 0.6 is 0 Å². The van der Waals surface area contributed by atoms with E-state index in [0.29, 0.717) is 28.1 Å². The van der Waals surface area contributed by atoms with E-state index >= 15 is 4.39 Å². The smallest absolute Gasteiger partial charge is 0.191 e. The molecule has 0 amide bonds. The van der Waals surface area contributed by atoms with Crippen molar-refractivity contribution in [1.82, 2.24) is 19.9 Å². The van der Waals surface area contributed by atoms with E-state index in [9.17, 15) is 0 Å². The maximum atomic E-state index is 16.8. The molecule has 1 saturated carbocycles. The van der Waals surface area contributed by atoms with Crippen LogP contribution in [-0.4, -0.2) is 19.9 Å². The van der Waals surface area contributed by atoms with Crippen LogP contribution in [-0.2, 0) is 5.67 Å². The molecule has 5 rings (SSSR count). The van der Waals surface area contributed by atoms with Crippen LogP contribution in [0.2, 0.25) is 0 Å². The number of imidazole rings is 1. The Labute approximate surface area is 150 Å². The zero-order chi connectivity index (χ0) is 17.6. The quantitative estimate of drug-likeness (QED) is 0.593. The normalized spacial score (nSPS) is 14.7. The zero-order valence-electron chi connectivity index (χ0n) is 14.1. The number of hydrogen-bond donors (Lipinski definition) is 1. The van der Waals surface area contributed by atoms with E-state index in [1.54, 1.807) is 55.1 Å². The number of rotatable bonds is 4. The monoisotopic (exact) mass is 344 g/mol. The molecule has 4 aromatic rings. The Morgan fingerprint density at radius 1 is 0.923 bits per heavy atom. The van der Waals surface area contributed by atoms with Gasteiger partial charge in [-0.15, -0.1) is 0 Å². The molecule has 1 N–H and O–H groups in total. The molecule has 26 heavy (non-hydrogen) atoms. The van der Waals surface area contributed by atoms with Crippen LogP contribution in [0.5, 0.6) is 0 Å². The fourth-order valence-electron chi connectivity index (χ4n) is 3.49. The van der Waals surface area contributed by atoms with Gasteiger partial charge in [0, 0.05) is 47.4 Å².